The molecule has 1 aliphatic rings. The smallest absolute Gasteiger partial charge is 0.251 e. The number of nitrogens with one attached hydrogen (secondary N) is 1. The first-order chi connectivity index (χ1) is 14.6. The normalized spacial score (nSPS) is 16.8. The number of piperazine rings is 1. The number of hydrogen-bond donors (Lipinski definition) is 1. The van der Waals surface area contributed by atoms with Crippen molar-refractivity contribution in [2.24, 2.45) is 5.41 Å². The molecule has 2 aromatic rings. The van der Waals surface area contributed by atoms with Gasteiger partial charge in [0.15, 0.2) is 0 Å². The van der Waals surface area contributed by atoms with E-state index < -0.39 is 0 Å². The lowest BCUT2D eigenvalue weighted by atomic mass is 9.86. The van der Waals surface area contributed by atoms with E-state index in [2.05, 4.69) is 35.9 Å². The van der Waals surface area contributed by atoms with E-state index in [0.717, 1.165) is 44.8 Å². The number of amides is 1. The van der Waals surface area contributed by atoms with Crippen LogP contribution in [-0.2, 0) is 6.54 Å². The first-order valence-corrected chi connectivity index (χ1v) is 11.6. The molecule has 3 rings (SSSR count). The average molecular weight is 462 g/mol. The molecule has 6 heteroatoms. The topological polar surface area (TPSA) is 35.6 Å². The summed E-state index contributed by atoms with van der Waals surface area (Å²) in [5.41, 5.74) is 3.02. The van der Waals surface area contributed by atoms with Gasteiger partial charge in [0.25, 0.3) is 5.91 Å². The molecular formula is C25H33Cl2N3O. The highest BCUT2D eigenvalue weighted by atomic mass is 35.5. The number of carbonyl (C=O) groups is 1. The first kappa shape index (κ1) is 24.1. The molecule has 168 valence electrons. The van der Waals surface area contributed by atoms with Crippen molar-refractivity contribution in [3.63, 3.8) is 0 Å². The Kier molecular flexibility index (Phi) is 8.03. The van der Waals surface area contributed by atoms with E-state index in [4.69, 9.17) is 23.2 Å². The highest BCUT2D eigenvalue weighted by Gasteiger charge is 2.30. The predicted molar refractivity (Wildman–Crippen MR) is 130 cm³/mol. The third kappa shape index (κ3) is 6.95. The molecule has 4 nitrogen and oxygen atoms in total. The van der Waals surface area contributed by atoms with Crippen LogP contribution in [0.15, 0.2) is 42.5 Å². The summed E-state index contributed by atoms with van der Waals surface area (Å²) in [6.07, 6.45) is 0. The maximum absolute atomic E-state index is 12.8. The van der Waals surface area contributed by atoms with Gasteiger partial charge in [0.1, 0.15) is 0 Å². The Hall–Kier alpha value is -1.59. The molecular weight excluding hydrogens is 429 g/mol. The fourth-order valence-corrected chi connectivity index (χ4v) is 4.09. The summed E-state index contributed by atoms with van der Waals surface area (Å²) in [6.45, 7) is 14.3. The molecule has 0 bridgehead atoms. The van der Waals surface area contributed by atoms with E-state index in [9.17, 15) is 4.79 Å². The fourth-order valence-electron chi connectivity index (χ4n) is 3.77. The minimum absolute atomic E-state index is 0.00169. The van der Waals surface area contributed by atoms with Crippen LogP contribution >= 0.6 is 23.2 Å². The van der Waals surface area contributed by atoms with Gasteiger partial charge in [0, 0.05) is 50.9 Å². The van der Waals surface area contributed by atoms with Gasteiger partial charge < -0.3 is 5.32 Å². The maximum Gasteiger partial charge on any atom is 0.251 e. The summed E-state index contributed by atoms with van der Waals surface area (Å²) in [6, 6.07) is 13.7. The van der Waals surface area contributed by atoms with Crippen LogP contribution in [0.2, 0.25) is 10.0 Å². The molecule has 1 saturated heterocycles. The molecule has 1 heterocycles. The van der Waals surface area contributed by atoms with E-state index in [-0.39, 0.29) is 17.4 Å². The summed E-state index contributed by atoms with van der Waals surface area (Å²) >= 11 is 12.2. The van der Waals surface area contributed by atoms with E-state index in [1.807, 2.05) is 49.4 Å². The number of rotatable bonds is 6. The van der Waals surface area contributed by atoms with E-state index in [1.165, 1.54) is 5.56 Å². The van der Waals surface area contributed by atoms with E-state index in [0.29, 0.717) is 15.6 Å². The maximum atomic E-state index is 12.8. The molecule has 0 spiro atoms. The van der Waals surface area contributed by atoms with Gasteiger partial charge in [-0.05, 0) is 42.2 Å². The van der Waals surface area contributed by atoms with Crippen LogP contribution in [0.4, 0.5) is 0 Å². The van der Waals surface area contributed by atoms with Crippen LogP contribution in [0.5, 0.6) is 0 Å². The van der Waals surface area contributed by atoms with Gasteiger partial charge >= 0.3 is 0 Å². The lowest BCUT2D eigenvalue weighted by molar-refractivity contribution is 0.0790. The molecule has 0 radical (unpaired) electrons. The van der Waals surface area contributed by atoms with E-state index >= 15 is 0 Å². The summed E-state index contributed by atoms with van der Waals surface area (Å²) < 4.78 is 0. The second kappa shape index (κ2) is 10.4. The molecule has 1 N–H and O–H groups in total. The van der Waals surface area contributed by atoms with Crippen LogP contribution in [0.3, 0.4) is 0 Å². The molecule has 1 fully saturated rings. The Morgan fingerprint density at radius 3 is 2.16 bits per heavy atom. The quantitative estimate of drug-likeness (QED) is 0.636. The lowest BCUT2D eigenvalue weighted by Crippen LogP contribution is -2.54. The number of halogens is 2. The number of carbonyl (C=O) groups excluding carboxylic acids is 1. The summed E-state index contributed by atoms with van der Waals surface area (Å²) in [4.78, 5) is 17.7. The van der Waals surface area contributed by atoms with Crippen molar-refractivity contribution in [2.45, 2.75) is 40.3 Å². The van der Waals surface area contributed by atoms with Crippen molar-refractivity contribution in [2.75, 3.05) is 32.7 Å². The molecule has 1 amide bonds. The number of aryl methyl sites for hydroxylation is 1. The monoisotopic (exact) mass is 461 g/mol. The molecule has 31 heavy (non-hydrogen) atoms. The third-order valence-electron chi connectivity index (χ3n) is 5.96. The van der Waals surface area contributed by atoms with Crippen LogP contribution in [0, 0.1) is 12.3 Å². The summed E-state index contributed by atoms with van der Waals surface area (Å²) in [5.74, 6) is -0.00169. The second-order valence-corrected chi connectivity index (χ2v) is 10.4. The van der Waals surface area contributed by atoms with Gasteiger partial charge in [-0.3, -0.25) is 14.6 Å². The highest BCUT2D eigenvalue weighted by molar-refractivity contribution is 6.42. The molecule has 1 atom stereocenters. The molecule has 0 aromatic heterocycles. The van der Waals surface area contributed by atoms with Gasteiger partial charge in [0.05, 0.1) is 10.0 Å². The Morgan fingerprint density at radius 1 is 0.968 bits per heavy atom. The van der Waals surface area contributed by atoms with E-state index in [1.54, 1.807) is 0 Å². The molecule has 2 aromatic carbocycles. The average Bonchev–Trinajstić information content (AvgIpc) is 2.71. The van der Waals surface area contributed by atoms with Crippen molar-refractivity contribution in [3.8, 4) is 0 Å². The Balaban J connectivity index is 1.54. The molecule has 1 aliphatic heterocycles. The van der Waals surface area contributed by atoms with Gasteiger partial charge in [0.2, 0.25) is 0 Å². The molecule has 0 aliphatic carbocycles. The number of hydrogen-bond acceptors (Lipinski definition) is 3. The zero-order chi connectivity index (χ0) is 22.6. The highest BCUT2D eigenvalue weighted by Crippen LogP contribution is 2.24. The standard InChI is InChI=1S/C25H33Cl2N3O/c1-18-5-8-20(9-6-18)24(31)28-23(25(2,3)4)17-30-13-11-29(12-14-30)16-19-7-10-21(26)22(27)15-19/h5-10,15,23H,11-14,16-17H2,1-4H3,(H,28,31). The largest absolute Gasteiger partial charge is 0.347 e. The Morgan fingerprint density at radius 2 is 1.58 bits per heavy atom. The number of benzene rings is 2. The van der Waals surface area contributed by atoms with Gasteiger partial charge in [-0.25, -0.2) is 0 Å². The fraction of sp³-hybridized carbons (Fsp3) is 0.480. The zero-order valence-corrected chi connectivity index (χ0v) is 20.4. The number of nitrogens with zero attached hydrogens (tertiary/aromatic N) is 2. The summed E-state index contributed by atoms with van der Waals surface area (Å²) in [5, 5.41) is 4.48. The lowest BCUT2D eigenvalue weighted by Gasteiger charge is -2.40. The third-order valence-corrected chi connectivity index (χ3v) is 6.70. The molecule has 0 saturated carbocycles. The van der Waals surface area contributed by atoms with Crippen molar-refractivity contribution < 1.29 is 4.79 Å². The van der Waals surface area contributed by atoms with Crippen molar-refractivity contribution in [3.05, 3.63) is 69.2 Å². The Bertz CT molecular complexity index is 885. The van der Waals surface area contributed by atoms with Crippen LogP contribution in [0.25, 0.3) is 0 Å². The van der Waals surface area contributed by atoms with Crippen molar-refractivity contribution in [1.82, 2.24) is 15.1 Å². The predicted octanol–water partition coefficient (Wildman–Crippen LogP) is 5.26. The van der Waals surface area contributed by atoms with Crippen LogP contribution in [-0.4, -0.2) is 54.5 Å². The van der Waals surface area contributed by atoms with Crippen LogP contribution in [0.1, 0.15) is 42.3 Å². The second-order valence-electron chi connectivity index (χ2n) is 9.58. The van der Waals surface area contributed by atoms with Crippen molar-refractivity contribution in [1.29, 1.82) is 0 Å². The van der Waals surface area contributed by atoms with Crippen LogP contribution < -0.4 is 5.32 Å². The minimum Gasteiger partial charge on any atom is -0.347 e. The zero-order valence-electron chi connectivity index (χ0n) is 18.9. The Labute approximate surface area is 196 Å². The van der Waals surface area contributed by atoms with Gasteiger partial charge in [-0.15, -0.1) is 0 Å². The van der Waals surface area contributed by atoms with Gasteiger partial charge in [-0.2, -0.15) is 0 Å². The van der Waals surface area contributed by atoms with Gasteiger partial charge in [-0.1, -0.05) is 67.7 Å². The summed E-state index contributed by atoms with van der Waals surface area (Å²) in [7, 11) is 0. The SMILES string of the molecule is Cc1ccc(C(=O)NC(CN2CCN(Cc3ccc(Cl)c(Cl)c3)CC2)C(C)(C)C)cc1. The molecule has 1 unspecified atom stereocenters. The first-order valence-electron chi connectivity index (χ1n) is 10.9. The van der Waals surface area contributed by atoms with Crippen molar-refractivity contribution >= 4 is 29.1 Å². The minimum atomic E-state index is -0.0302.